The lowest BCUT2D eigenvalue weighted by atomic mass is 9.92. The van der Waals surface area contributed by atoms with Crippen LogP contribution in [0.25, 0.3) is 0 Å². The molecule has 0 saturated carbocycles. The van der Waals surface area contributed by atoms with Gasteiger partial charge in [0, 0.05) is 9.13 Å². The van der Waals surface area contributed by atoms with E-state index in [1.54, 1.807) is 22.6 Å². The normalized spacial score (nSPS) is 13.9. The second-order valence-electron chi connectivity index (χ2n) is 3.21. The van der Waals surface area contributed by atoms with Crippen molar-refractivity contribution in [2.75, 3.05) is 0 Å². The summed E-state index contributed by atoms with van der Waals surface area (Å²) in [6, 6.07) is 3.31. The minimum absolute atomic E-state index is 0.457. The molecule has 1 N–H and O–H groups in total. The third-order valence-corrected chi connectivity index (χ3v) is 2.80. The smallest absolute Gasteiger partial charge is 0.369 e. The lowest BCUT2D eigenvalue weighted by Crippen LogP contribution is -2.53. The monoisotopic (exact) mass is 370 g/mol. The minimum atomic E-state index is -5.84. The van der Waals surface area contributed by atoms with Gasteiger partial charge >= 0.3 is 12.4 Å². The van der Waals surface area contributed by atoms with Gasteiger partial charge in [0.05, 0.1) is 0 Å². The van der Waals surface area contributed by atoms with Crippen LogP contribution in [0, 0.1) is 3.57 Å². The maximum Gasteiger partial charge on any atom is 0.430 e. The summed E-state index contributed by atoms with van der Waals surface area (Å²) in [5.74, 6) is 0. The Kier molecular flexibility index (Phi) is 3.68. The van der Waals surface area contributed by atoms with E-state index >= 15 is 0 Å². The van der Waals surface area contributed by atoms with Gasteiger partial charge in [-0.25, -0.2) is 0 Å². The largest absolute Gasteiger partial charge is 0.430 e. The van der Waals surface area contributed by atoms with Gasteiger partial charge in [0.1, 0.15) is 0 Å². The molecule has 0 aliphatic rings. The Bertz CT molecular complexity index is 379. The van der Waals surface area contributed by atoms with Crippen molar-refractivity contribution in [1.29, 1.82) is 0 Å². The van der Waals surface area contributed by atoms with Gasteiger partial charge in [-0.3, -0.25) is 0 Å². The predicted octanol–water partition coefficient (Wildman–Crippen LogP) is 3.60. The Morgan fingerprint density at radius 3 is 1.47 bits per heavy atom. The lowest BCUT2D eigenvalue weighted by molar-refractivity contribution is -0.376. The molecule has 0 atom stereocenters. The van der Waals surface area contributed by atoms with E-state index in [4.69, 9.17) is 5.11 Å². The molecule has 0 saturated heterocycles. The molecule has 0 heterocycles. The molecule has 0 aliphatic carbocycles. The first kappa shape index (κ1) is 14.6. The fourth-order valence-electron chi connectivity index (χ4n) is 1.18. The molecule has 0 unspecified atom stereocenters. The Hall–Kier alpha value is -0.510. The van der Waals surface area contributed by atoms with Crippen LogP contribution in [0.4, 0.5) is 26.3 Å². The molecule has 0 fully saturated rings. The average molecular weight is 370 g/mol. The first-order valence-electron chi connectivity index (χ1n) is 4.12. The second-order valence-corrected chi connectivity index (χ2v) is 4.46. The number of rotatable bonds is 1. The Morgan fingerprint density at radius 1 is 0.824 bits per heavy atom. The number of aliphatic hydroxyl groups is 1. The van der Waals surface area contributed by atoms with Gasteiger partial charge in [0.25, 0.3) is 5.60 Å². The fourth-order valence-corrected chi connectivity index (χ4v) is 1.54. The number of benzene rings is 1. The highest BCUT2D eigenvalue weighted by atomic mass is 127. The van der Waals surface area contributed by atoms with Crippen molar-refractivity contribution in [2.45, 2.75) is 18.0 Å². The van der Waals surface area contributed by atoms with E-state index in [0.29, 0.717) is 15.7 Å². The van der Waals surface area contributed by atoms with Gasteiger partial charge in [0.15, 0.2) is 0 Å². The van der Waals surface area contributed by atoms with E-state index in [9.17, 15) is 26.3 Å². The molecule has 0 bridgehead atoms. The highest BCUT2D eigenvalue weighted by Gasteiger charge is 2.71. The van der Waals surface area contributed by atoms with E-state index in [-0.39, 0.29) is 0 Å². The Balaban J connectivity index is 3.41. The number of halogens is 7. The summed E-state index contributed by atoms with van der Waals surface area (Å²) >= 11 is 1.72. The molecule has 1 nitrogen and oxygen atoms in total. The fraction of sp³-hybridized carbons (Fsp3) is 0.333. The van der Waals surface area contributed by atoms with Crippen molar-refractivity contribution in [3.63, 3.8) is 0 Å². The number of hydrogen-bond donors (Lipinski definition) is 1. The molecule has 0 aromatic heterocycles. The van der Waals surface area contributed by atoms with Crippen LogP contribution in [0.3, 0.4) is 0 Å². The molecule has 1 rings (SSSR count). The van der Waals surface area contributed by atoms with Crippen molar-refractivity contribution in [2.24, 2.45) is 0 Å². The van der Waals surface area contributed by atoms with Crippen LogP contribution in [-0.2, 0) is 5.60 Å². The molecule has 0 amide bonds. The van der Waals surface area contributed by atoms with Crippen molar-refractivity contribution in [3.8, 4) is 0 Å². The molecule has 96 valence electrons. The van der Waals surface area contributed by atoms with Gasteiger partial charge in [-0.1, -0.05) is 12.1 Å². The minimum Gasteiger partial charge on any atom is -0.369 e. The van der Waals surface area contributed by atoms with Crippen LogP contribution in [0.2, 0.25) is 0 Å². The Morgan fingerprint density at radius 2 is 1.18 bits per heavy atom. The zero-order valence-electron chi connectivity index (χ0n) is 7.90. The van der Waals surface area contributed by atoms with Crippen molar-refractivity contribution >= 4 is 22.6 Å². The van der Waals surface area contributed by atoms with E-state index in [2.05, 4.69) is 0 Å². The van der Waals surface area contributed by atoms with E-state index < -0.39 is 23.5 Å². The van der Waals surface area contributed by atoms with Gasteiger partial charge in [-0.15, -0.1) is 0 Å². The summed E-state index contributed by atoms with van der Waals surface area (Å²) in [7, 11) is 0. The molecule has 8 heteroatoms. The second kappa shape index (κ2) is 4.30. The average Bonchev–Trinajstić information content (AvgIpc) is 2.14. The summed E-state index contributed by atoms with van der Waals surface area (Å²) in [5.41, 5.74) is -6.09. The predicted molar refractivity (Wildman–Crippen MR) is 55.2 cm³/mol. The Labute approximate surface area is 106 Å². The van der Waals surface area contributed by atoms with Crippen molar-refractivity contribution in [3.05, 3.63) is 33.4 Å². The van der Waals surface area contributed by atoms with E-state index in [1.807, 2.05) is 0 Å². The maximum atomic E-state index is 12.4. The first-order valence-corrected chi connectivity index (χ1v) is 5.20. The van der Waals surface area contributed by atoms with Crippen LogP contribution < -0.4 is 0 Å². The summed E-state index contributed by atoms with van der Waals surface area (Å²) in [5, 5.41) is 8.99. The molecule has 0 spiro atoms. The zero-order chi connectivity index (χ0) is 13.5. The van der Waals surface area contributed by atoms with Gasteiger partial charge in [-0.05, 0) is 34.7 Å². The van der Waals surface area contributed by atoms with Crippen LogP contribution in [0.15, 0.2) is 24.3 Å². The summed E-state index contributed by atoms with van der Waals surface area (Å²) in [6.07, 6.45) is -11.7. The van der Waals surface area contributed by atoms with Gasteiger partial charge in [0.2, 0.25) is 0 Å². The van der Waals surface area contributed by atoms with Crippen LogP contribution in [-0.4, -0.2) is 17.5 Å². The highest BCUT2D eigenvalue weighted by molar-refractivity contribution is 14.1. The molecule has 17 heavy (non-hydrogen) atoms. The highest BCUT2D eigenvalue weighted by Crippen LogP contribution is 2.49. The zero-order valence-corrected chi connectivity index (χ0v) is 10.1. The van der Waals surface area contributed by atoms with Crippen molar-refractivity contribution in [1.82, 2.24) is 0 Å². The first-order chi connectivity index (χ1) is 7.50. The quantitative estimate of drug-likeness (QED) is 0.592. The third kappa shape index (κ3) is 2.51. The summed E-state index contributed by atoms with van der Waals surface area (Å²) < 4.78 is 74.9. The van der Waals surface area contributed by atoms with Crippen LogP contribution in [0.5, 0.6) is 0 Å². The number of hydrogen-bond acceptors (Lipinski definition) is 1. The molecule has 1 aromatic carbocycles. The maximum absolute atomic E-state index is 12.4. The molecule has 0 radical (unpaired) electrons. The van der Waals surface area contributed by atoms with Crippen LogP contribution in [0.1, 0.15) is 5.56 Å². The van der Waals surface area contributed by atoms with Crippen molar-refractivity contribution < 1.29 is 31.4 Å². The molecule has 1 aromatic rings. The van der Waals surface area contributed by atoms with Gasteiger partial charge in [-0.2, -0.15) is 26.3 Å². The molecular weight excluding hydrogens is 365 g/mol. The van der Waals surface area contributed by atoms with E-state index in [1.165, 1.54) is 0 Å². The standard InChI is InChI=1S/C9H5F6IO/c10-8(11,12)7(17,9(13,14)15)5-1-3-6(16)4-2-5/h1-4,17H. The third-order valence-electron chi connectivity index (χ3n) is 2.08. The van der Waals surface area contributed by atoms with Crippen LogP contribution >= 0.6 is 22.6 Å². The lowest BCUT2D eigenvalue weighted by Gasteiger charge is -2.32. The topological polar surface area (TPSA) is 20.2 Å². The number of alkyl halides is 6. The summed E-state index contributed by atoms with van der Waals surface area (Å²) in [4.78, 5) is 0. The SMILES string of the molecule is OC(c1ccc(I)cc1)(C(F)(F)F)C(F)(F)F. The van der Waals surface area contributed by atoms with E-state index in [0.717, 1.165) is 12.1 Å². The summed E-state index contributed by atoms with van der Waals surface area (Å²) in [6.45, 7) is 0. The molecular formula is C9H5F6IO. The molecule has 0 aliphatic heterocycles. The van der Waals surface area contributed by atoms with Gasteiger partial charge < -0.3 is 5.11 Å².